The largest absolute Gasteiger partial charge is 1.00 e. The zero-order chi connectivity index (χ0) is 13.1. The van der Waals surface area contributed by atoms with Gasteiger partial charge in [0, 0.05) is 0 Å². The Kier molecular flexibility index (Phi) is 7.54. The molecule has 1 aromatic carbocycles. The van der Waals surface area contributed by atoms with Crippen LogP contribution in [-0.2, 0) is 0 Å². The fourth-order valence-electron chi connectivity index (χ4n) is 1.26. The van der Waals surface area contributed by atoms with E-state index in [0.717, 1.165) is 18.6 Å². The summed E-state index contributed by atoms with van der Waals surface area (Å²) in [7, 11) is 0. The van der Waals surface area contributed by atoms with Crippen LogP contribution in [0, 0.1) is 5.41 Å². The maximum atomic E-state index is 12.3. The van der Waals surface area contributed by atoms with Crippen molar-refractivity contribution in [3.05, 3.63) is 24.3 Å². The van der Waals surface area contributed by atoms with E-state index >= 15 is 0 Å². The summed E-state index contributed by atoms with van der Waals surface area (Å²) in [6.07, 6.45) is 0.859. The van der Waals surface area contributed by atoms with E-state index < -0.39 is 12.4 Å². The summed E-state index contributed by atoms with van der Waals surface area (Å²) in [5.74, 6) is 0.484. The third kappa shape index (κ3) is 7.19. The van der Waals surface area contributed by atoms with Crippen LogP contribution in [-0.4, -0.2) is 13.6 Å². The molecular formula is C12H17BF3KO. The molecule has 0 N–H and O–H groups in total. The van der Waals surface area contributed by atoms with Crippen molar-refractivity contribution in [1.82, 2.24) is 0 Å². The maximum Gasteiger partial charge on any atom is 1.00 e. The summed E-state index contributed by atoms with van der Waals surface area (Å²) in [6, 6.07) is 4.86. The van der Waals surface area contributed by atoms with Gasteiger partial charge in [0.1, 0.15) is 5.75 Å². The molecule has 0 bridgehead atoms. The number of hydrogen-bond acceptors (Lipinski definition) is 1. The maximum absolute atomic E-state index is 12.3. The van der Waals surface area contributed by atoms with Crippen molar-refractivity contribution in [3.8, 4) is 5.75 Å². The van der Waals surface area contributed by atoms with Crippen LogP contribution in [0.1, 0.15) is 27.2 Å². The second kappa shape index (κ2) is 7.34. The van der Waals surface area contributed by atoms with Gasteiger partial charge in [0.15, 0.2) is 0 Å². The normalized spacial score (nSPS) is 11.9. The zero-order valence-electron chi connectivity index (χ0n) is 11.3. The molecular weight excluding hydrogens is 267 g/mol. The molecule has 6 heteroatoms. The van der Waals surface area contributed by atoms with Crippen molar-refractivity contribution < 1.29 is 69.1 Å². The Morgan fingerprint density at radius 3 is 1.94 bits per heavy atom. The summed E-state index contributed by atoms with van der Waals surface area (Å²) >= 11 is 0. The molecule has 0 aliphatic heterocycles. The molecule has 96 valence electrons. The van der Waals surface area contributed by atoms with Crippen molar-refractivity contribution in [2.45, 2.75) is 27.2 Å². The van der Waals surface area contributed by atoms with E-state index in [0.29, 0.717) is 12.4 Å². The molecule has 0 saturated heterocycles. The van der Waals surface area contributed by atoms with E-state index in [1.807, 2.05) is 0 Å². The van der Waals surface area contributed by atoms with Crippen molar-refractivity contribution in [2.24, 2.45) is 5.41 Å². The van der Waals surface area contributed by atoms with E-state index in [4.69, 9.17) is 4.74 Å². The van der Waals surface area contributed by atoms with Gasteiger partial charge in [0.05, 0.1) is 6.61 Å². The molecule has 0 spiro atoms. The van der Waals surface area contributed by atoms with Gasteiger partial charge >= 0.3 is 58.4 Å². The molecule has 1 aromatic rings. The second-order valence-electron chi connectivity index (χ2n) is 5.30. The first kappa shape index (κ1) is 18.5. The van der Waals surface area contributed by atoms with Gasteiger partial charge in [-0.25, -0.2) is 0 Å². The molecule has 0 aliphatic carbocycles. The van der Waals surface area contributed by atoms with Crippen LogP contribution < -0.4 is 61.6 Å². The second-order valence-corrected chi connectivity index (χ2v) is 5.30. The fourth-order valence-corrected chi connectivity index (χ4v) is 1.26. The van der Waals surface area contributed by atoms with Crippen LogP contribution in [0.3, 0.4) is 0 Å². The molecule has 0 aromatic heterocycles. The molecule has 0 heterocycles. The Labute approximate surface area is 149 Å². The first-order valence-corrected chi connectivity index (χ1v) is 5.61. The summed E-state index contributed by atoms with van der Waals surface area (Å²) in [6.45, 7) is 1.87. The summed E-state index contributed by atoms with van der Waals surface area (Å²) in [5, 5.41) is 0. The van der Waals surface area contributed by atoms with Crippen LogP contribution in [0.5, 0.6) is 5.75 Å². The van der Waals surface area contributed by atoms with Crippen LogP contribution >= 0.6 is 0 Å². The van der Waals surface area contributed by atoms with E-state index in [2.05, 4.69) is 20.8 Å². The van der Waals surface area contributed by atoms with E-state index in [1.54, 1.807) is 0 Å². The van der Waals surface area contributed by atoms with E-state index in [9.17, 15) is 12.9 Å². The molecule has 0 fully saturated rings. The predicted octanol–water partition coefficient (Wildman–Crippen LogP) is 0.560. The van der Waals surface area contributed by atoms with Gasteiger partial charge in [-0.1, -0.05) is 32.9 Å². The fraction of sp³-hybridized carbons (Fsp3) is 0.500. The molecule has 0 unspecified atom stereocenters. The average Bonchev–Trinajstić information content (AvgIpc) is 2.15. The number of ether oxygens (including phenoxy) is 1. The molecule has 18 heavy (non-hydrogen) atoms. The molecule has 0 atom stereocenters. The minimum Gasteiger partial charge on any atom is -0.494 e. The standard InChI is InChI=1S/C12H17BF3O.K/c1-12(2,3)8-9-17-11-6-4-10(5-7-11)13(14,15)16;/h4-7H,8-9H2,1-3H3;/q-1;+1. The van der Waals surface area contributed by atoms with Crippen molar-refractivity contribution >= 4 is 12.4 Å². The van der Waals surface area contributed by atoms with Crippen LogP contribution in [0.25, 0.3) is 0 Å². The number of hydrogen-bond donors (Lipinski definition) is 0. The monoisotopic (exact) mass is 284 g/mol. The Morgan fingerprint density at radius 2 is 1.56 bits per heavy atom. The molecule has 1 rings (SSSR count). The molecule has 0 saturated carbocycles. The van der Waals surface area contributed by atoms with Gasteiger partial charge in [0.25, 0.3) is 0 Å². The third-order valence-electron chi connectivity index (χ3n) is 2.38. The Bertz CT molecular complexity index is 357. The summed E-state index contributed by atoms with van der Waals surface area (Å²) < 4.78 is 42.4. The SMILES string of the molecule is CC(C)(C)CCOc1ccc([B-](F)(F)F)cc1.[K+]. The van der Waals surface area contributed by atoms with Crippen LogP contribution in [0.15, 0.2) is 24.3 Å². The van der Waals surface area contributed by atoms with Crippen LogP contribution in [0.2, 0.25) is 0 Å². The first-order chi connectivity index (χ1) is 7.68. The molecule has 0 amide bonds. The Morgan fingerprint density at radius 1 is 1.06 bits per heavy atom. The summed E-state index contributed by atoms with van der Waals surface area (Å²) in [4.78, 5) is 0. The number of benzene rings is 1. The predicted molar refractivity (Wildman–Crippen MR) is 64.7 cm³/mol. The topological polar surface area (TPSA) is 9.23 Å². The number of halogens is 3. The van der Waals surface area contributed by atoms with Gasteiger partial charge < -0.3 is 17.7 Å². The van der Waals surface area contributed by atoms with Crippen LogP contribution in [0.4, 0.5) is 12.9 Å². The van der Waals surface area contributed by atoms with Crippen molar-refractivity contribution in [1.29, 1.82) is 0 Å². The van der Waals surface area contributed by atoms with E-state index in [-0.39, 0.29) is 56.8 Å². The smallest absolute Gasteiger partial charge is 0.494 e. The Balaban J connectivity index is 0.00000289. The van der Waals surface area contributed by atoms with E-state index in [1.165, 1.54) is 12.1 Å². The van der Waals surface area contributed by atoms with Gasteiger partial charge in [-0.05, 0) is 24.0 Å². The first-order valence-electron chi connectivity index (χ1n) is 5.61. The van der Waals surface area contributed by atoms with Gasteiger partial charge in [-0.15, -0.1) is 5.46 Å². The Hall–Kier alpha value is 0.511. The summed E-state index contributed by atoms with van der Waals surface area (Å²) in [5.41, 5.74) is -0.428. The third-order valence-corrected chi connectivity index (χ3v) is 2.38. The molecule has 0 radical (unpaired) electrons. The van der Waals surface area contributed by atoms with Gasteiger partial charge in [-0.2, -0.15) is 0 Å². The molecule has 0 aliphatic rings. The minimum absolute atomic E-state index is 0. The quantitative estimate of drug-likeness (QED) is 0.734. The van der Waals surface area contributed by atoms with Crippen molar-refractivity contribution in [3.63, 3.8) is 0 Å². The zero-order valence-corrected chi connectivity index (χ0v) is 14.5. The number of rotatable bonds is 4. The molecule has 1 nitrogen and oxygen atoms in total. The minimum atomic E-state index is -4.91. The van der Waals surface area contributed by atoms with Crippen molar-refractivity contribution in [2.75, 3.05) is 6.61 Å². The average molecular weight is 284 g/mol. The van der Waals surface area contributed by atoms with Gasteiger partial charge in [-0.3, -0.25) is 0 Å². The van der Waals surface area contributed by atoms with Gasteiger partial charge in [0.2, 0.25) is 0 Å².